The predicted molar refractivity (Wildman–Crippen MR) is 105 cm³/mol. The van der Waals surface area contributed by atoms with Crippen LogP contribution < -0.4 is 10.6 Å². The zero-order chi connectivity index (χ0) is 18.9. The van der Waals surface area contributed by atoms with Gasteiger partial charge in [-0.1, -0.05) is 12.1 Å². The number of carbonyl (C=O) groups is 2. The maximum absolute atomic E-state index is 13.3. The molecule has 2 amide bonds. The first kappa shape index (κ1) is 18.5. The van der Waals surface area contributed by atoms with Crippen molar-refractivity contribution in [3.63, 3.8) is 0 Å². The van der Waals surface area contributed by atoms with Gasteiger partial charge in [-0.25, -0.2) is 0 Å². The number of rotatable bonds is 7. The van der Waals surface area contributed by atoms with Crippen LogP contribution >= 0.6 is 0 Å². The van der Waals surface area contributed by atoms with E-state index in [4.69, 9.17) is 4.74 Å². The molecule has 2 N–H and O–H groups in total. The van der Waals surface area contributed by atoms with Crippen LogP contribution in [0.15, 0.2) is 24.3 Å². The summed E-state index contributed by atoms with van der Waals surface area (Å²) in [6, 6.07) is 7.32. The molecule has 5 nitrogen and oxygen atoms in total. The van der Waals surface area contributed by atoms with E-state index in [1.54, 1.807) is 13.2 Å². The van der Waals surface area contributed by atoms with E-state index in [0.29, 0.717) is 24.4 Å². The summed E-state index contributed by atoms with van der Waals surface area (Å²) in [5.74, 6) is 2.15. The van der Waals surface area contributed by atoms with Crippen molar-refractivity contribution < 1.29 is 14.3 Å². The first-order valence-corrected chi connectivity index (χ1v) is 10.3. The Hall–Kier alpha value is -1.88. The lowest BCUT2D eigenvalue weighted by Gasteiger charge is -2.55. The van der Waals surface area contributed by atoms with Crippen LogP contribution in [0.4, 0.5) is 5.69 Å². The van der Waals surface area contributed by atoms with Gasteiger partial charge in [0.2, 0.25) is 5.91 Å². The van der Waals surface area contributed by atoms with Gasteiger partial charge >= 0.3 is 0 Å². The molecule has 1 aromatic rings. The highest BCUT2D eigenvalue weighted by Gasteiger charge is 2.54. The van der Waals surface area contributed by atoms with Gasteiger partial charge < -0.3 is 15.4 Å². The number of para-hydroxylation sites is 1. The van der Waals surface area contributed by atoms with Gasteiger partial charge in [0.25, 0.3) is 5.91 Å². The fourth-order valence-corrected chi connectivity index (χ4v) is 5.95. The molecule has 0 atom stereocenters. The molecule has 27 heavy (non-hydrogen) atoms. The number of amides is 2. The van der Waals surface area contributed by atoms with E-state index >= 15 is 0 Å². The Labute approximate surface area is 161 Å². The number of nitrogens with one attached hydrogen (secondary N) is 2. The minimum absolute atomic E-state index is 0.126. The van der Waals surface area contributed by atoms with Gasteiger partial charge in [-0.05, 0) is 74.8 Å². The molecule has 146 valence electrons. The van der Waals surface area contributed by atoms with E-state index in [-0.39, 0.29) is 17.2 Å². The second-order valence-electron chi connectivity index (χ2n) is 8.80. The van der Waals surface area contributed by atoms with E-state index in [9.17, 15) is 9.59 Å². The third-order valence-electron chi connectivity index (χ3n) is 6.75. The maximum Gasteiger partial charge on any atom is 0.253 e. The predicted octanol–water partition coefficient (Wildman–Crippen LogP) is 3.61. The van der Waals surface area contributed by atoms with Crippen molar-refractivity contribution in [2.45, 2.75) is 44.9 Å². The van der Waals surface area contributed by atoms with Crippen LogP contribution in [0, 0.1) is 23.2 Å². The van der Waals surface area contributed by atoms with Crippen molar-refractivity contribution in [3.8, 4) is 0 Å². The Morgan fingerprint density at radius 2 is 1.70 bits per heavy atom. The van der Waals surface area contributed by atoms with Crippen LogP contribution in [-0.2, 0) is 9.53 Å². The van der Waals surface area contributed by atoms with Crippen molar-refractivity contribution in [2.75, 3.05) is 25.6 Å². The summed E-state index contributed by atoms with van der Waals surface area (Å²) in [5, 5.41) is 6.04. The van der Waals surface area contributed by atoms with Crippen LogP contribution in [0.3, 0.4) is 0 Å². The highest BCUT2D eigenvalue weighted by atomic mass is 16.5. The minimum atomic E-state index is -0.212. The number of ether oxygens (including phenoxy) is 1. The summed E-state index contributed by atoms with van der Waals surface area (Å²) in [7, 11) is 1.65. The maximum atomic E-state index is 13.3. The first-order chi connectivity index (χ1) is 13.1. The van der Waals surface area contributed by atoms with Crippen molar-refractivity contribution in [1.82, 2.24) is 5.32 Å². The lowest BCUT2D eigenvalue weighted by atomic mass is 9.49. The summed E-state index contributed by atoms with van der Waals surface area (Å²) in [6.07, 6.45) is 7.78. The molecule has 0 spiro atoms. The molecular formula is C22H30N2O3. The molecule has 4 aliphatic rings. The Balaban J connectivity index is 1.45. The van der Waals surface area contributed by atoms with Crippen LogP contribution in [-0.4, -0.2) is 32.1 Å². The second kappa shape index (κ2) is 7.63. The molecule has 0 heterocycles. The summed E-state index contributed by atoms with van der Waals surface area (Å²) >= 11 is 0. The molecule has 5 rings (SSSR count). The molecule has 5 heteroatoms. The molecule has 0 unspecified atom stereocenters. The zero-order valence-corrected chi connectivity index (χ0v) is 16.1. The highest BCUT2D eigenvalue weighted by Crippen LogP contribution is 2.60. The molecule has 0 saturated heterocycles. The Kier molecular flexibility index (Phi) is 5.22. The Morgan fingerprint density at radius 1 is 1.07 bits per heavy atom. The van der Waals surface area contributed by atoms with Crippen molar-refractivity contribution in [2.24, 2.45) is 23.2 Å². The SMILES string of the molecule is COCCCNC(=O)c1ccccc1NC(=O)C12CC3CC(CC(C3)C1)C2. The third-order valence-corrected chi connectivity index (χ3v) is 6.75. The average molecular weight is 370 g/mol. The normalized spacial score (nSPS) is 30.9. The molecule has 0 aromatic heterocycles. The largest absolute Gasteiger partial charge is 0.385 e. The Morgan fingerprint density at radius 3 is 2.33 bits per heavy atom. The molecule has 4 bridgehead atoms. The van der Waals surface area contributed by atoms with E-state index in [1.165, 1.54) is 19.3 Å². The quantitative estimate of drug-likeness (QED) is 0.721. The smallest absolute Gasteiger partial charge is 0.253 e. The Bertz CT molecular complexity index is 680. The van der Waals surface area contributed by atoms with Gasteiger partial charge in [0.1, 0.15) is 0 Å². The lowest BCUT2D eigenvalue weighted by Crippen LogP contribution is -2.51. The number of benzene rings is 1. The minimum Gasteiger partial charge on any atom is -0.385 e. The molecule has 4 fully saturated rings. The van der Waals surface area contributed by atoms with E-state index in [2.05, 4.69) is 10.6 Å². The van der Waals surface area contributed by atoms with Gasteiger partial charge in [-0.3, -0.25) is 9.59 Å². The monoisotopic (exact) mass is 370 g/mol. The van der Waals surface area contributed by atoms with Gasteiger partial charge in [-0.2, -0.15) is 0 Å². The first-order valence-electron chi connectivity index (χ1n) is 10.3. The van der Waals surface area contributed by atoms with Gasteiger partial charge in [-0.15, -0.1) is 0 Å². The summed E-state index contributed by atoms with van der Waals surface area (Å²) in [5.41, 5.74) is 0.951. The number of carbonyl (C=O) groups excluding carboxylic acids is 2. The van der Waals surface area contributed by atoms with Crippen LogP contribution in [0.5, 0.6) is 0 Å². The van der Waals surface area contributed by atoms with E-state index in [0.717, 1.165) is 43.4 Å². The standard InChI is InChI=1S/C22H30N2O3/c1-27-8-4-7-23-20(25)18-5-2-3-6-19(18)24-21(26)22-12-15-9-16(13-22)11-17(10-15)14-22/h2-3,5-6,15-17H,4,7-14H2,1H3,(H,23,25)(H,24,26). The molecule has 0 aliphatic heterocycles. The van der Waals surface area contributed by atoms with Crippen molar-refractivity contribution in [1.29, 1.82) is 0 Å². The molecular weight excluding hydrogens is 340 g/mol. The molecule has 0 radical (unpaired) electrons. The average Bonchev–Trinajstić information content (AvgIpc) is 2.64. The van der Waals surface area contributed by atoms with Crippen molar-refractivity contribution >= 4 is 17.5 Å². The van der Waals surface area contributed by atoms with Crippen LogP contribution in [0.1, 0.15) is 55.3 Å². The van der Waals surface area contributed by atoms with Gasteiger partial charge in [0, 0.05) is 20.3 Å². The van der Waals surface area contributed by atoms with Gasteiger partial charge in [0.05, 0.1) is 16.7 Å². The molecule has 4 aliphatic carbocycles. The van der Waals surface area contributed by atoms with Crippen LogP contribution in [0.2, 0.25) is 0 Å². The van der Waals surface area contributed by atoms with Crippen LogP contribution in [0.25, 0.3) is 0 Å². The summed E-state index contributed by atoms with van der Waals surface area (Å²) < 4.78 is 5.01. The number of methoxy groups -OCH3 is 1. The van der Waals surface area contributed by atoms with E-state index < -0.39 is 0 Å². The summed E-state index contributed by atoms with van der Waals surface area (Å²) in [6.45, 7) is 1.18. The number of hydrogen-bond acceptors (Lipinski definition) is 3. The highest BCUT2D eigenvalue weighted by molar-refractivity contribution is 6.05. The third kappa shape index (κ3) is 3.75. The molecule has 4 saturated carbocycles. The van der Waals surface area contributed by atoms with Gasteiger partial charge in [0.15, 0.2) is 0 Å². The summed E-state index contributed by atoms with van der Waals surface area (Å²) in [4.78, 5) is 25.8. The topological polar surface area (TPSA) is 67.4 Å². The number of hydrogen-bond donors (Lipinski definition) is 2. The fourth-order valence-electron chi connectivity index (χ4n) is 5.95. The second-order valence-corrected chi connectivity index (χ2v) is 8.80. The lowest BCUT2D eigenvalue weighted by molar-refractivity contribution is -0.140. The fraction of sp³-hybridized carbons (Fsp3) is 0.636. The molecule has 1 aromatic carbocycles. The number of anilines is 1. The van der Waals surface area contributed by atoms with Crippen molar-refractivity contribution in [3.05, 3.63) is 29.8 Å². The zero-order valence-electron chi connectivity index (χ0n) is 16.1. The van der Waals surface area contributed by atoms with E-state index in [1.807, 2.05) is 18.2 Å².